The van der Waals surface area contributed by atoms with Crippen LogP contribution in [0.25, 0.3) is 5.69 Å². The summed E-state index contributed by atoms with van der Waals surface area (Å²) >= 11 is 1.66. The average molecular weight is 332 g/mol. The van der Waals surface area contributed by atoms with Crippen molar-refractivity contribution in [2.45, 2.75) is 5.37 Å². The Morgan fingerprint density at radius 2 is 2.09 bits per heavy atom. The summed E-state index contributed by atoms with van der Waals surface area (Å²) in [5.41, 5.74) is 2.10. The molecule has 1 aliphatic heterocycles. The van der Waals surface area contributed by atoms with Crippen LogP contribution in [0.5, 0.6) is 5.75 Å². The number of ether oxygens (including phenoxy) is 2. The number of hydrogen-bond donors (Lipinski definition) is 0. The second-order valence-corrected chi connectivity index (χ2v) is 6.34. The van der Waals surface area contributed by atoms with E-state index in [1.165, 1.54) is 0 Å². The number of carbonyl (C=O) groups excluding carboxylic acids is 1. The summed E-state index contributed by atoms with van der Waals surface area (Å²) in [5, 5.41) is 0.0496. The lowest BCUT2D eigenvalue weighted by atomic mass is 10.3. The summed E-state index contributed by atoms with van der Waals surface area (Å²) in [5.74, 6) is 1.51. The van der Waals surface area contributed by atoms with Crippen molar-refractivity contribution in [2.24, 2.45) is 0 Å². The molecule has 0 radical (unpaired) electrons. The van der Waals surface area contributed by atoms with Crippen LogP contribution in [0.1, 0.15) is 10.9 Å². The number of para-hydroxylation sites is 2. The molecule has 2 heterocycles. The largest absolute Gasteiger partial charge is 0.495 e. The summed E-state index contributed by atoms with van der Waals surface area (Å²) in [4.78, 5) is 13.9. The van der Waals surface area contributed by atoms with Gasteiger partial charge in [0, 0.05) is 31.6 Å². The van der Waals surface area contributed by atoms with Gasteiger partial charge in [-0.3, -0.25) is 4.79 Å². The third kappa shape index (κ3) is 3.23. The zero-order chi connectivity index (χ0) is 16.2. The quantitative estimate of drug-likeness (QED) is 0.816. The Balaban J connectivity index is 1.85. The van der Waals surface area contributed by atoms with Gasteiger partial charge in [0.25, 0.3) is 0 Å². The standard InChI is InChI=1S/C17H20N2O3S/c1-21-10-9-19-16(20)12-23-17(19)13-7-8-18(11-13)14-5-3-4-6-15(14)22-2/h3-8,11,17H,9-10,12H2,1-2H3/t17-/m0/s1. The molecule has 2 aromatic rings. The molecule has 1 aromatic heterocycles. The van der Waals surface area contributed by atoms with Gasteiger partial charge in [0.05, 0.1) is 25.2 Å². The van der Waals surface area contributed by atoms with Crippen molar-refractivity contribution in [3.8, 4) is 11.4 Å². The second-order valence-electron chi connectivity index (χ2n) is 5.27. The molecule has 122 valence electrons. The normalized spacial score (nSPS) is 17.7. The molecular weight excluding hydrogens is 312 g/mol. The van der Waals surface area contributed by atoms with Crippen LogP contribution < -0.4 is 4.74 Å². The monoisotopic (exact) mass is 332 g/mol. The minimum Gasteiger partial charge on any atom is -0.495 e. The number of amides is 1. The van der Waals surface area contributed by atoms with E-state index in [1.54, 1.807) is 26.0 Å². The van der Waals surface area contributed by atoms with Gasteiger partial charge in [0.2, 0.25) is 5.91 Å². The van der Waals surface area contributed by atoms with Crippen LogP contribution >= 0.6 is 11.8 Å². The molecule has 23 heavy (non-hydrogen) atoms. The lowest BCUT2D eigenvalue weighted by molar-refractivity contribution is -0.128. The van der Waals surface area contributed by atoms with Gasteiger partial charge < -0.3 is 18.9 Å². The summed E-state index contributed by atoms with van der Waals surface area (Å²) in [6.45, 7) is 1.17. The van der Waals surface area contributed by atoms with E-state index in [0.29, 0.717) is 18.9 Å². The summed E-state index contributed by atoms with van der Waals surface area (Å²) < 4.78 is 12.6. The van der Waals surface area contributed by atoms with E-state index in [0.717, 1.165) is 17.0 Å². The molecule has 1 fully saturated rings. The zero-order valence-corrected chi connectivity index (χ0v) is 14.1. The van der Waals surface area contributed by atoms with Gasteiger partial charge in [-0.2, -0.15) is 0 Å². The van der Waals surface area contributed by atoms with Gasteiger partial charge in [0.1, 0.15) is 11.1 Å². The van der Waals surface area contributed by atoms with Crippen LogP contribution in [0.2, 0.25) is 0 Å². The van der Waals surface area contributed by atoms with Gasteiger partial charge >= 0.3 is 0 Å². The fourth-order valence-corrected chi connectivity index (χ4v) is 3.91. The first-order valence-corrected chi connectivity index (χ1v) is 8.50. The molecule has 0 saturated carbocycles. The third-order valence-corrected chi connectivity index (χ3v) is 5.12. The Kier molecular flexibility index (Phi) is 4.93. The lowest BCUT2D eigenvalue weighted by Crippen LogP contribution is -2.31. The van der Waals surface area contributed by atoms with E-state index in [4.69, 9.17) is 9.47 Å². The maximum absolute atomic E-state index is 12.1. The first-order chi connectivity index (χ1) is 11.2. The number of aromatic nitrogens is 1. The first-order valence-electron chi connectivity index (χ1n) is 7.46. The van der Waals surface area contributed by atoms with Crippen molar-refractivity contribution < 1.29 is 14.3 Å². The van der Waals surface area contributed by atoms with Crippen molar-refractivity contribution in [2.75, 3.05) is 33.1 Å². The van der Waals surface area contributed by atoms with Crippen molar-refractivity contribution in [3.05, 3.63) is 48.3 Å². The minimum absolute atomic E-state index is 0.0496. The van der Waals surface area contributed by atoms with E-state index in [-0.39, 0.29) is 11.3 Å². The molecule has 1 atom stereocenters. The number of benzene rings is 1. The van der Waals surface area contributed by atoms with Crippen molar-refractivity contribution in [3.63, 3.8) is 0 Å². The number of methoxy groups -OCH3 is 2. The highest BCUT2D eigenvalue weighted by atomic mass is 32.2. The van der Waals surface area contributed by atoms with Crippen LogP contribution in [0, 0.1) is 0 Å². The topological polar surface area (TPSA) is 43.7 Å². The number of nitrogens with zero attached hydrogens (tertiary/aromatic N) is 2. The van der Waals surface area contributed by atoms with E-state index >= 15 is 0 Å². The van der Waals surface area contributed by atoms with Crippen LogP contribution in [-0.2, 0) is 9.53 Å². The summed E-state index contributed by atoms with van der Waals surface area (Å²) in [6.07, 6.45) is 4.07. The van der Waals surface area contributed by atoms with Gasteiger partial charge in [-0.25, -0.2) is 0 Å². The van der Waals surface area contributed by atoms with Gasteiger partial charge in [-0.1, -0.05) is 12.1 Å². The smallest absolute Gasteiger partial charge is 0.233 e. The highest BCUT2D eigenvalue weighted by Crippen LogP contribution is 2.39. The van der Waals surface area contributed by atoms with Crippen LogP contribution in [0.15, 0.2) is 42.7 Å². The van der Waals surface area contributed by atoms with Crippen LogP contribution in [-0.4, -0.2) is 48.5 Å². The Hall–Kier alpha value is -1.92. The number of carbonyl (C=O) groups is 1. The average Bonchev–Trinajstić information content (AvgIpc) is 3.19. The lowest BCUT2D eigenvalue weighted by Gasteiger charge is -2.22. The predicted octanol–water partition coefficient (Wildman–Crippen LogP) is 2.71. The molecule has 0 bridgehead atoms. The minimum atomic E-state index is 0.0496. The molecule has 3 rings (SSSR count). The number of thioether (sulfide) groups is 1. The molecule has 0 spiro atoms. The first kappa shape index (κ1) is 16.0. The Morgan fingerprint density at radius 3 is 2.87 bits per heavy atom. The van der Waals surface area contributed by atoms with Crippen LogP contribution in [0.3, 0.4) is 0 Å². The molecule has 0 unspecified atom stereocenters. The summed E-state index contributed by atoms with van der Waals surface area (Å²) in [6, 6.07) is 9.94. The fourth-order valence-electron chi connectivity index (χ4n) is 2.71. The highest BCUT2D eigenvalue weighted by Gasteiger charge is 2.32. The molecule has 0 N–H and O–H groups in total. The van der Waals surface area contributed by atoms with Crippen LogP contribution in [0.4, 0.5) is 0 Å². The second kappa shape index (κ2) is 7.10. The molecule has 6 heteroatoms. The molecule has 0 aliphatic carbocycles. The fraction of sp³-hybridized carbons (Fsp3) is 0.353. The predicted molar refractivity (Wildman–Crippen MR) is 91.1 cm³/mol. The maximum atomic E-state index is 12.1. The Bertz CT molecular complexity index is 686. The zero-order valence-electron chi connectivity index (χ0n) is 13.3. The van der Waals surface area contributed by atoms with Gasteiger partial charge in [0.15, 0.2) is 0 Å². The Morgan fingerprint density at radius 1 is 1.26 bits per heavy atom. The molecular formula is C17H20N2O3S. The molecule has 5 nitrogen and oxygen atoms in total. The van der Waals surface area contributed by atoms with Crippen molar-refractivity contribution in [1.82, 2.24) is 9.47 Å². The van der Waals surface area contributed by atoms with Crippen molar-refractivity contribution >= 4 is 17.7 Å². The van der Waals surface area contributed by atoms with Gasteiger partial charge in [-0.05, 0) is 18.2 Å². The van der Waals surface area contributed by atoms with E-state index in [9.17, 15) is 4.79 Å². The SMILES string of the molecule is COCCN1C(=O)CS[C@H]1c1ccn(-c2ccccc2OC)c1. The number of rotatable bonds is 6. The number of hydrogen-bond acceptors (Lipinski definition) is 4. The van der Waals surface area contributed by atoms with E-state index in [2.05, 4.69) is 12.3 Å². The summed E-state index contributed by atoms with van der Waals surface area (Å²) in [7, 11) is 3.32. The maximum Gasteiger partial charge on any atom is 0.233 e. The van der Waals surface area contributed by atoms with E-state index in [1.807, 2.05) is 39.9 Å². The third-order valence-electron chi connectivity index (χ3n) is 3.87. The highest BCUT2D eigenvalue weighted by molar-refractivity contribution is 8.00. The van der Waals surface area contributed by atoms with E-state index < -0.39 is 0 Å². The molecule has 1 saturated heterocycles. The molecule has 1 aliphatic rings. The molecule has 1 aromatic carbocycles. The van der Waals surface area contributed by atoms with Crippen molar-refractivity contribution in [1.29, 1.82) is 0 Å². The Labute approximate surface area is 140 Å². The van der Waals surface area contributed by atoms with Gasteiger partial charge in [-0.15, -0.1) is 11.8 Å². The molecule has 1 amide bonds.